The van der Waals surface area contributed by atoms with Crippen LogP contribution in [0.4, 0.5) is 5.00 Å². The van der Waals surface area contributed by atoms with Gasteiger partial charge in [0.05, 0.1) is 5.00 Å². The molecule has 0 amide bonds. The third-order valence-electron chi connectivity index (χ3n) is 0.889. The third-order valence-corrected chi connectivity index (χ3v) is 1.89. The predicted molar refractivity (Wildman–Crippen MR) is 47.9 cm³/mol. The van der Waals surface area contributed by atoms with Crippen molar-refractivity contribution in [2.45, 2.75) is 0 Å². The molecular weight excluding hydrogens is 166 g/mol. The number of anilines is 1. The second kappa shape index (κ2) is 3.50. The molecule has 5 heteroatoms. The van der Waals surface area contributed by atoms with Crippen LogP contribution in [0.5, 0.6) is 0 Å². The molecule has 3 nitrogen and oxygen atoms in total. The Morgan fingerprint density at radius 3 is 3.00 bits per heavy atom. The molecule has 0 fully saturated rings. The molecule has 0 atom stereocenters. The van der Waals surface area contributed by atoms with Gasteiger partial charge in [-0.3, -0.25) is 0 Å². The highest BCUT2D eigenvalue weighted by molar-refractivity contribution is 7.80. The Hall–Kier alpha value is -0.650. The molecule has 0 aromatic carbocycles. The highest BCUT2D eigenvalue weighted by Crippen LogP contribution is 2.14. The van der Waals surface area contributed by atoms with Crippen molar-refractivity contribution >= 4 is 33.7 Å². The lowest BCUT2D eigenvalue weighted by atomic mass is 10.6. The fourth-order valence-corrected chi connectivity index (χ4v) is 1.29. The number of hydrogen-bond donors (Lipinski definition) is 3. The van der Waals surface area contributed by atoms with Crippen molar-refractivity contribution in [3.05, 3.63) is 17.5 Å². The highest BCUT2D eigenvalue weighted by Gasteiger charge is 1.92. The van der Waals surface area contributed by atoms with Gasteiger partial charge in [0.1, 0.15) is 0 Å². The number of thiophene rings is 1. The molecule has 10 heavy (non-hydrogen) atoms. The first-order chi connectivity index (χ1) is 4.83. The first-order valence-corrected chi connectivity index (χ1v) is 3.93. The maximum absolute atomic E-state index is 5.04. The Balaban J connectivity index is 2.48. The second-order valence-electron chi connectivity index (χ2n) is 1.58. The number of thiocarbonyl (C=S) groups is 1. The van der Waals surface area contributed by atoms with E-state index >= 15 is 0 Å². The second-order valence-corrected chi connectivity index (χ2v) is 2.93. The van der Waals surface area contributed by atoms with Crippen LogP contribution in [0.3, 0.4) is 0 Å². The zero-order valence-electron chi connectivity index (χ0n) is 5.13. The molecule has 0 aliphatic carbocycles. The van der Waals surface area contributed by atoms with Crippen molar-refractivity contribution in [3.63, 3.8) is 0 Å². The maximum Gasteiger partial charge on any atom is 0.185 e. The van der Waals surface area contributed by atoms with Crippen molar-refractivity contribution in [3.8, 4) is 0 Å². The fourth-order valence-electron chi connectivity index (χ4n) is 0.498. The van der Waals surface area contributed by atoms with Crippen molar-refractivity contribution in [1.29, 1.82) is 0 Å². The van der Waals surface area contributed by atoms with E-state index < -0.39 is 0 Å². The van der Waals surface area contributed by atoms with Crippen LogP contribution in [0.25, 0.3) is 0 Å². The van der Waals surface area contributed by atoms with Gasteiger partial charge in [-0.25, -0.2) is 5.84 Å². The Kier molecular flexibility index (Phi) is 2.61. The van der Waals surface area contributed by atoms with E-state index in [1.807, 2.05) is 17.5 Å². The topological polar surface area (TPSA) is 50.1 Å². The molecule has 1 aromatic heterocycles. The Labute approximate surface area is 68.2 Å². The van der Waals surface area contributed by atoms with Crippen molar-refractivity contribution in [2.24, 2.45) is 5.84 Å². The monoisotopic (exact) mass is 173 g/mol. The lowest BCUT2D eigenvalue weighted by Gasteiger charge is -2.01. The molecule has 0 bridgehead atoms. The molecule has 1 heterocycles. The Bertz CT molecular complexity index is 207. The van der Waals surface area contributed by atoms with Crippen LogP contribution < -0.4 is 16.6 Å². The lowest BCUT2D eigenvalue weighted by molar-refractivity contribution is 1.04. The van der Waals surface area contributed by atoms with E-state index in [1.54, 1.807) is 11.3 Å². The van der Waals surface area contributed by atoms with Crippen LogP contribution in [0.15, 0.2) is 17.5 Å². The lowest BCUT2D eigenvalue weighted by Crippen LogP contribution is -2.33. The number of rotatable bonds is 1. The van der Waals surface area contributed by atoms with Gasteiger partial charge < -0.3 is 10.7 Å². The number of hydrazine groups is 1. The summed E-state index contributed by atoms with van der Waals surface area (Å²) in [5.41, 5.74) is 2.33. The zero-order chi connectivity index (χ0) is 7.40. The molecule has 0 saturated carbocycles. The van der Waals surface area contributed by atoms with Crippen LogP contribution in [0.1, 0.15) is 0 Å². The van der Waals surface area contributed by atoms with Gasteiger partial charge in [-0.2, -0.15) is 0 Å². The van der Waals surface area contributed by atoms with Crippen molar-refractivity contribution < 1.29 is 0 Å². The highest BCUT2D eigenvalue weighted by atomic mass is 32.1. The zero-order valence-corrected chi connectivity index (χ0v) is 6.76. The molecule has 0 aliphatic rings. The number of nitrogens with two attached hydrogens (primary N) is 1. The standard InChI is InChI=1S/C5H7N3S2/c6-8-5(9)7-4-2-1-3-10-4/h1-3H,6H2,(H2,7,8,9). The van der Waals surface area contributed by atoms with Gasteiger partial charge in [0.2, 0.25) is 0 Å². The number of nitrogens with one attached hydrogen (secondary N) is 2. The molecule has 0 aliphatic heterocycles. The van der Waals surface area contributed by atoms with E-state index in [-0.39, 0.29) is 0 Å². The summed E-state index contributed by atoms with van der Waals surface area (Å²) in [7, 11) is 0. The Morgan fingerprint density at radius 1 is 1.70 bits per heavy atom. The summed E-state index contributed by atoms with van der Waals surface area (Å²) in [6, 6.07) is 3.86. The third kappa shape index (κ3) is 1.94. The summed E-state index contributed by atoms with van der Waals surface area (Å²) in [6.45, 7) is 0. The van der Waals surface area contributed by atoms with Gasteiger partial charge in [-0.1, -0.05) is 0 Å². The van der Waals surface area contributed by atoms with E-state index in [4.69, 9.17) is 18.1 Å². The van der Waals surface area contributed by atoms with Crippen LogP contribution >= 0.6 is 23.6 Å². The minimum atomic E-state index is 0.433. The molecule has 1 aromatic rings. The summed E-state index contributed by atoms with van der Waals surface area (Å²) >= 11 is 6.34. The van der Waals surface area contributed by atoms with Gasteiger partial charge >= 0.3 is 0 Å². The quantitative estimate of drug-likeness (QED) is 0.335. The van der Waals surface area contributed by atoms with Crippen LogP contribution in [0, 0.1) is 0 Å². The maximum atomic E-state index is 5.04. The summed E-state index contributed by atoms with van der Waals surface area (Å²) in [5.74, 6) is 5.04. The fraction of sp³-hybridized carbons (Fsp3) is 0. The minimum absolute atomic E-state index is 0.433. The summed E-state index contributed by atoms with van der Waals surface area (Å²) in [4.78, 5) is 0. The van der Waals surface area contributed by atoms with Gasteiger partial charge in [-0.05, 0) is 29.7 Å². The predicted octanol–water partition coefficient (Wildman–Crippen LogP) is 0.908. The van der Waals surface area contributed by atoms with E-state index in [0.717, 1.165) is 5.00 Å². The molecule has 54 valence electrons. The smallest absolute Gasteiger partial charge is 0.185 e. The Morgan fingerprint density at radius 2 is 2.50 bits per heavy atom. The first-order valence-electron chi connectivity index (χ1n) is 2.64. The summed E-state index contributed by atoms with van der Waals surface area (Å²) in [6.07, 6.45) is 0. The molecule has 1 rings (SSSR count). The van der Waals surface area contributed by atoms with E-state index in [2.05, 4.69) is 10.7 Å². The van der Waals surface area contributed by atoms with E-state index in [1.165, 1.54) is 0 Å². The van der Waals surface area contributed by atoms with Gasteiger partial charge in [0.25, 0.3) is 0 Å². The van der Waals surface area contributed by atoms with Crippen LogP contribution in [-0.4, -0.2) is 5.11 Å². The molecular formula is C5H7N3S2. The molecule has 4 N–H and O–H groups in total. The first kappa shape index (κ1) is 7.46. The van der Waals surface area contributed by atoms with Crippen molar-refractivity contribution in [2.75, 3.05) is 5.32 Å². The largest absolute Gasteiger partial charge is 0.323 e. The summed E-state index contributed by atoms with van der Waals surface area (Å²) in [5, 5.41) is 6.27. The van der Waals surface area contributed by atoms with Gasteiger partial charge in [0.15, 0.2) is 5.11 Å². The van der Waals surface area contributed by atoms with E-state index in [9.17, 15) is 0 Å². The minimum Gasteiger partial charge on any atom is -0.323 e. The van der Waals surface area contributed by atoms with Crippen molar-refractivity contribution in [1.82, 2.24) is 5.43 Å². The van der Waals surface area contributed by atoms with Crippen LogP contribution in [0.2, 0.25) is 0 Å². The molecule has 0 spiro atoms. The molecule has 0 unspecified atom stereocenters. The van der Waals surface area contributed by atoms with Gasteiger partial charge in [-0.15, -0.1) is 11.3 Å². The SMILES string of the molecule is NNC(=S)Nc1cccs1. The number of hydrogen-bond acceptors (Lipinski definition) is 3. The molecule has 0 radical (unpaired) electrons. The van der Waals surface area contributed by atoms with E-state index in [0.29, 0.717) is 5.11 Å². The summed E-state index contributed by atoms with van der Waals surface area (Å²) < 4.78 is 0. The average Bonchev–Trinajstić information content (AvgIpc) is 2.40. The normalized spacial score (nSPS) is 8.90. The average molecular weight is 173 g/mol. The van der Waals surface area contributed by atoms with Gasteiger partial charge in [0, 0.05) is 0 Å². The molecule has 0 saturated heterocycles. The van der Waals surface area contributed by atoms with Crippen LogP contribution in [-0.2, 0) is 0 Å².